The molecule has 0 fully saturated rings. The lowest BCUT2D eigenvalue weighted by atomic mass is 10.9. The van der Waals surface area contributed by atoms with Gasteiger partial charge in [-0.1, -0.05) is 0 Å². The lowest BCUT2D eigenvalue weighted by Gasteiger charge is -2.14. The van der Waals surface area contributed by atoms with Crippen molar-refractivity contribution in [3.63, 3.8) is 0 Å². The minimum atomic E-state index is -1.35. The van der Waals surface area contributed by atoms with Gasteiger partial charge in [0.25, 0.3) is 0 Å². The van der Waals surface area contributed by atoms with Gasteiger partial charge in [-0.25, -0.2) is 11.3 Å². The van der Waals surface area contributed by atoms with Gasteiger partial charge in [-0.2, -0.15) is 0 Å². The summed E-state index contributed by atoms with van der Waals surface area (Å²) < 4.78 is 7.58. The molecule has 0 saturated heterocycles. The summed E-state index contributed by atoms with van der Waals surface area (Å²) in [4.78, 5) is 0. The Morgan fingerprint density at radius 2 is 2.27 bits per heavy atom. The number of rotatable bonds is 3. The quantitative estimate of drug-likeness (QED) is 0.398. The van der Waals surface area contributed by atoms with Gasteiger partial charge in [0.1, 0.15) is 0 Å². The molecule has 0 bridgehead atoms. The monoisotopic (exact) mass is 187 g/mol. The van der Waals surface area contributed by atoms with Crippen molar-refractivity contribution in [2.45, 2.75) is 26.4 Å². The molecule has 62 valence electrons. The summed E-state index contributed by atoms with van der Waals surface area (Å²) in [6, 6.07) is 0. The van der Waals surface area contributed by atoms with Gasteiger partial charge >= 0.3 is 0 Å². The van der Waals surface area contributed by atoms with Crippen LogP contribution < -0.4 is 4.57 Å². The minimum absolute atomic E-state index is 0.652. The van der Waals surface area contributed by atoms with Gasteiger partial charge in [-0.05, 0) is 25.0 Å². The summed E-state index contributed by atoms with van der Waals surface area (Å²) in [6.45, 7) is 7.19. The molecule has 0 amide bonds. The molecule has 0 spiro atoms. The van der Waals surface area contributed by atoms with Gasteiger partial charge in [0.15, 0.2) is 8.32 Å². The normalized spacial score (nSPS) is 11.9. The van der Waals surface area contributed by atoms with E-state index in [9.17, 15) is 0 Å². The van der Waals surface area contributed by atoms with Crippen molar-refractivity contribution in [2.24, 2.45) is 0 Å². The average Bonchev–Trinajstić information content (AvgIpc) is 2.32. The summed E-state index contributed by atoms with van der Waals surface area (Å²) in [5, 5.41) is 1.92. The summed E-state index contributed by atoms with van der Waals surface area (Å²) in [6.07, 6.45) is 3.04. The molecule has 1 rings (SSSR count). The van der Waals surface area contributed by atoms with E-state index in [4.69, 9.17) is 4.43 Å². The van der Waals surface area contributed by atoms with E-state index >= 15 is 0 Å². The number of thiazole rings is 1. The summed E-state index contributed by atoms with van der Waals surface area (Å²) >= 11 is 1.63. The maximum absolute atomic E-state index is 5.65. The Bertz CT molecular complexity index is 205. The highest BCUT2D eigenvalue weighted by Gasteiger charge is 2.14. The van der Waals surface area contributed by atoms with Crippen molar-refractivity contribution >= 4 is 19.7 Å². The van der Waals surface area contributed by atoms with Crippen LogP contribution in [0.1, 0.15) is 0 Å². The molecule has 11 heavy (non-hydrogen) atoms. The van der Waals surface area contributed by atoms with Crippen LogP contribution in [0.15, 0.2) is 10.9 Å². The zero-order chi connectivity index (χ0) is 8.32. The maximum atomic E-state index is 5.65. The molecule has 0 unspecified atom stereocenters. The first-order valence-corrected chi connectivity index (χ1v) is 7.90. The molecule has 0 N–H and O–H groups in total. The van der Waals surface area contributed by atoms with Crippen molar-refractivity contribution < 1.29 is 8.99 Å². The van der Waals surface area contributed by atoms with Crippen molar-refractivity contribution in [1.82, 2.24) is 0 Å². The highest BCUT2D eigenvalue weighted by Crippen LogP contribution is 2.01. The van der Waals surface area contributed by atoms with Gasteiger partial charge in [0.2, 0.25) is 6.73 Å². The van der Waals surface area contributed by atoms with Crippen LogP contribution in [-0.4, -0.2) is 8.32 Å². The molecule has 0 aliphatic heterocycles. The second-order valence-corrected chi connectivity index (χ2v) is 8.58. The smallest absolute Gasteiger partial charge is 0.212 e. The number of aromatic nitrogens is 1. The van der Waals surface area contributed by atoms with Crippen LogP contribution in [0.4, 0.5) is 0 Å². The third kappa shape index (κ3) is 3.64. The molecular weight excluding hydrogens is 174 g/mol. The van der Waals surface area contributed by atoms with Gasteiger partial charge in [-0.3, -0.25) is 0 Å². The Morgan fingerprint density at radius 1 is 1.55 bits per heavy atom. The molecule has 1 aromatic rings. The molecule has 2 nitrogen and oxygen atoms in total. The SMILES string of the molecule is C[Si](C)(C)OC[n+]1[c-]csc1. The van der Waals surface area contributed by atoms with E-state index in [1.54, 1.807) is 11.3 Å². The van der Waals surface area contributed by atoms with E-state index in [0.717, 1.165) is 0 Å². The molecule has 0 atom stereocenters. The van der Waals surface area contributed by atoms with E-state index in [1.807, 2.05) is 15.5 Å². The fraction of sp³-hybridized carbons (Fsp3) is 0.571. The number of hydrogen-bond donors (Lipinski definition) is 0. The minimum Gasteiger partial charge on any atom is -0.368 e. The number of nitrogens with zero attached hydrogens (tertiary/aromatic N) is 1. The van der Waals surface area contributed by atoms with Crippen LogP contribution in [-0.2, 0) is 11.2 Å². The summed E-state index contributed by atoms with van der Waals surface area (Å²) in [5.41, 5.74) is 2.00. The maximum Gasteiger partial charge on any atom is 0.212 e. The highest BCUT2D eigenvalue weighted by atomic mass is 32.1. The molecule has 0 aromatic carbocycles. The molecule has 4 heteroatoms. The Kier molecular flexibility index (Phi) is 2.81. The number of hydrogen-bond acceptors (Lipinski definition) is 2. The summed E-state index contributed by atoms with van der Waals surface area (Å²) in [7, 11) is -1.35. The molecule has 1 aromatic heterocycles. The zero-order valence-corrected chi connectivity index (χ0v) is 8.94. The Labute approximate surface area is 72.6 Å². The molecule has 0 saturated carbocycles. The zero-order valence-electron chi connectivity index (χ0n) is 7.13. The van der Waals surface area contributed by atoms with Gasteiger partial charge < -0.3 is 8.99 Å². The van der Waals surface area contributed by atoms with Crippen molar-refractivity contribution in [3.8, 4) is 0 Å². The standard InChI is InChI=1S/C7H13NOSSi/c1-11(2,3)9-6-8-4-5-10-7-8/h5,7H,6H2,1-3H3. The van der Waals surface area contributed by atoms with Crippen molar-refractivity contribution in [3.05, 3.63) is 17.1 Å². The first-order valence-electron chi connectivity index (χ1n) is 3.55. The van der Waals surface area contributed by atoms with Crippen LogP contribution in [0.3, 0.4) is 0 Å². The fourth-order valence-electron chi connectivity index (χ4n) is 0.563. The van der Waals surface area contributed by atoms with Crippen LogP contribution in [0.5, 0.6) is 0 Å². The van der Waals surface area contributed by atoms with Crippen LogP contribution in [0.2, 0.25) is 19.6 Å². The predicted molar refractivity (Wildman–Crippen MR) is 47.8 cm³/mol. The van der Waals surface area contributed by atoms with E-state index in [-0.39, 0.29) is 0 Å². The van der Waals surface area contributed by atoms with Crippen LogP contribution in [0, 0.1) is 6.20 Å². The largest absolute Gasteiger partial charge is 0.368 e. The van der Waals surface area contributed by atoms with Crippen LogP contribution in [0.25, 0.3) is 0 Å². The van der Waals surface area contributed by atoms with Crippen LogP contribution >= 0.6 is 11.3 Å². The van der Waals surface area contributed by atoms with Gasteiger partial charge in [0, 0.05) is 0 Å². The van der Waals surface area contributed by atoms with E-state index < -0.39 is 8.32 Å². The average molecular weight is 187 g/mol. The van der Waals surface area contributed by atoms with Gasteiger partial charge in [0.05, 0.1) is 11.7 Å². The Hall–Kier alpha value is -0.193. The molecule has 0 radical (unpaired) electrons. The molecule has 0 aliphatic rings. The van der Waals surface area contributed by atoms with E-state index in [0.29, 0.717) is 6.73 Å². The lowest BCUT2D eigenvalue weighted by molar-refractivity contribution is -0.725. The van der Waals surface area contributed by atoms with Gasteiger partial charge in [-0.15, -0.1) is 0 Å². The van der Waals surface area contributed by atoms with Crippen molar-refractivity contribution in [1.29, 1.82) is 0 Å². The lowest BCUT2D eigenvalue weighted by Crippen LogP contribution is -2.38. The molecular formula is C7H13NOSSi. The molecule has 0 aliphatic carbocycles. The Balaban J connectivity index is 2.35. The topological polar surface area (TPSA) is 13.1 Å². The highest BCUT2D eigenvalue weighted by molar-refractivity contribution is 7.07. The second-order valence-electron chi connectivity index (χ2n) is 3.34. The van der Waals surface area contributed by atoms with E-state index in [1.165, 1.54) is 0 Å². The Morgan fingerprint density at radius 3 is 2.73 bits per heavy atom. The third-order valence-electron chi connectivity index (χ3n) is 1.11. The summed E-state index contributed by atoms with van der Waals surface area (Å²) in [5.74, 6) is 0. The molecule has 1 heterocycles. The van der Waals surface area contributed by atoms with E-state index in [2.05, 4.69) is 25.8 Å². The van der Waals surface area contributed by atoms with Crippen molar-refractivity contribution in [2.75, 3.05) is 0 Å². The predicted octanol–water partition coefficient (Wildman–Crippen LogP) is 1.64. The third-order valence-corrected chi connectivity index (χ3v) is 2.72. The second kappa shape index (κ2) is 3.47. The first-order chi connectivity index (χ1) is 5.08. The first kappa shape index (κ1) is 8.90. The fourth-order valence-corrected chi connectivity index (χ4v) is 1.62.